The van der Waals surface area contributed by atoms with E-state index in [2.05, 4.69) is 55.9 Å². The van der Waals surface area contributed by atoms with Gasteiger partial charge in [-0.3, -0.25) is 0 Å². The van der Waals surface area contributed by atoms with E-state index < -0.39 is 0 Å². The van der Waals surface area contributed by atoms with Crippen molar-refractivity contribution in [2.45, 2.75) is 31.3 Å². The molecule has 0 spiro atoms. The molecule has 2 aromatic rings. The van der Waals surface area contributed by atoms with Gasteiger partial charge in [0.05, 0.1) is 11.2 Å². The predicted octanol–water partition coefficient (Wildman–Crippen LogP) is 4.07. The summed E-state index contributed by atoms with van der Waals surface area (Å²) in [5, 5.41) is 5.81. The number of hydrogen-bond donors (Lipinski definition) is 1. The Morgan fingerprint density at radius 3 is 2.89 bits per heavy atom. The minimum absolute atomic E-state index is 0.160. The van der Waals surface area contributed by atoms with E-state index in [4.69, 9.17) is 0 Å². The molecule has 1 aromatic heterocycles. The average molecular weight is 323 g/mol. The van der Waals surface area contributed by atoms with Crippen LogP contribution in [-0.2, 0) is 12.1 Å². The Hall–Kier alpha value is -0.710. The van der Waals surface area contributed by atoms with E-state index in [9.17, 15) is 0 Å². The highest BCUT2D eigenvalue weighted by molar-refractivity contribution is 9.10. The van der Waals surface area contributed by atoms with Crippen LogP contribution < -0.4 is 5.32 Å². The number of nitrogens with one attached hydrogen (secondary N) is 1. The van der Waals surface area contributed by atoms with Gasteiger partial charge < -0.3 is 5.32 Å². The standard InChI is InChI=1S/C14H15BrN2S/c15-12-4-1-3-11(7-12)14(5-2-6-14)17-8-13-9-18-10-16-13/h1,3-4,7,9-10,17H,2,5-6,8H2. The first-order valence-electron chi connectivity index (χ1n) is 6.17. The molecule has 0 atom stereocenters. The molecule has 0 bridgehead atoms. The molecule has 2 nitrogen and oxygen atoms in total. The van der Waals surface area contributed by atoms with E-state index in [1.165, 1.54) is 24.8 Å². The van der Waals surface area contributed by atoms with Gasteiger partial charge in [-0.25, -0.2) is 4.98 Å². The summed E-state index contributed by atoms with van der Waals surface area (Å²) in [5.74, 6) is 0. The molecular formula is C14H15BrN2S. The van der Waals surface area contributed by atoms with E-state index in [1.54, 1.807) is 11.3 Å². The van der Waals surface area contributed by atoms with Crippen LogP contribution in [0, 0.1) is 0 Å². The molecule has 0 radical (unpaired) electrons. The Kier molecular flexibility index (Phi) is 3.50. The molecule has 94 valence electrons. The molecule has 0 unspecified atom stereocenters. The SMILES string of the molecule is Brc1cccc(C2(NCc3cscn3)CCC2)c1. The van der Waals surface area contributed by atoms with Gasteiger partial charge in [-0.2, -0.15) is 0 Å². The number of halogens is 1. The summed E-state index contributed by atoms with van der Waals surface area (Å²) in [6.45, 7) is 0.857. The first kappa shape index (κ1) is 12.3. The third-order valence-electron chi connectivity index (χ3n) is 3.68. The van der Waals surface area contributed by atoms with Gasteiger partial charge in [0.1, 0.15) is 0 Å². The molecular weight excluding hydrogens is 308 g/mol. The van der Waals surface area contributed by atoms with E-state index >= 15 is 0 Å². The van der Waals surface area contributed by atoms with Crippen molar-refractivity contribution >= 4 is 27.3 Å². The summed E-state index contributed by atoms with van der Waals surface area (Å²) < 4.78 is 1.15. The van der Waals surface area contributed by atoms with Crippen LogP contribution in [0.3, 0.4) is 0 Å². The maximum atomic E-state index is 4.34. The van der Waals surface area contributed by atoms with Crippen LogP contribution in [0.15, 0.2) is 39.6 Å². The molecule has 4 heteroatoms. The van der Waals surface area contributed by atoms with Gasteiger partial charge >= 0.3 is 0 Å². The van der Waals surface area contributed by atoms with Crippen LogP contribution in [0.1, 0.15) is 30.5 Å². The normalized spacial score (nSPS) is 17.4. The molecule has 3 rings (SSSR count). The molecule has 0 amide bonds. The quantitative estimate of drug-likeness (QED) is 0.917. The van der Waals surface area contributed by atoms with Crippen LogP contribution in [0.25, 0.3) is 0 Å². The van der Waals surface area contributed by atoms with Crippen molar-refractivity contribution in [1.82, 2.24) is 10.3 Å². The van der Waals surface area contributed by atoms with Crippen LogP contribution in [0.5, 0.6) is 0 Å². The Morgan fingerprint density at radius 1 is 1.39 bits per heavy atom. The highest BCUT2D eigenvalue weighted by Crippen LogP contribution is 2.42. The van der Waals surface area contributed by atoms with Gasteiger partial charge in [-0.1, -0.05) is 28.1 Å². The summed E-state index contributed by atoms with van der Waals surface area (Å²) in [4.78, 5) is 4.34. The molecule has 1 aromatic carbocycles. The fourth-order valence-electron chi connectivity index (χ4n) is 2.47. The number of thiazole rings is 1. The number of benzene rings is 1. The second-order valence-electron chi connectivity index (χ2n) is 4.78. The van der Waals surface area contributed by atoms with Gasteiger partial charge in [-0.15, -0.1) is 11.3 Å². The Balaban J connectivity index is 1.78. The number of hydrogen-bond acceptors (Lipinski definition) is 3. The molecule has 1 aliphatic carbocycles. The van der Waals surface area contributed by atoms with Gasteiger partial charge in [0, 0.05) is 21.9 Å². The van der Waals surface area contributed by atoms with Crippen molar-refractivity contribution in [2.75, 3.05) is 0 Å². The lowest BCUT2D eigenvalue weighted by molar-refractivity contribution is 0.183. The van der Waals surface area contributed by atoms with Crippen molar-refractivity contribution in [3.63, 3.8) is 0 Å². The minimum atomic E-state index is 0.160. The maximum Gasteiger partial charge on any atom is 0.0795 e. The van der Waals surface area contributed by atoms with E-state index in [0.717, 1.165) is 16.7 Å². The predicted molar refractivity (Wildman–Crippen MR) is 78.6 cm³/mol. The van der Waals surface area contributed by atoms with Crippen LogP contribution >= 0.6 is 27.3 Å². The van der Waals surface area contributed by atoms with Crippen molar-refractivity contribution in [2.24, 2.45) is 0 Å². The van der Waals surface area contributed by atoms with Gasteiger partial charge in [0.25, 0.3) is 0 Å². The molecule has 1 saturated carbocycles. The molecule has 1 heterocycles. The molecule has 1 fully saturated rings. The average Bonchev–Trinajstić information content (AvgIpc) is 2.81. The Labute approximate surface area is 120 Å². The van der Waals surface area contributed by atoms with Gasteiger partial charge in [-0.05, 0) is 37.0 Å². The first-order chi connectivity index (χ1) is 8.78. The topological polar surface area (TPSA) is 24.9 Å². The molecule has 1 aliphatic rings. The van der Waals surface area contributed by atoms with E-state index in [-0.39, 0.29) is 5.54 Å². The highest BCUT2D eigenvalue weighted by atomic mass is 79.9. The smallest absolute Gasteiger partial charge is 0.0795 e. The Bertz CT molecular complexity index is 520. The van der Waals surface area contributed by atoms with Gasteiger partial charge in [0.15, 0.2) is 0 Å². The zero-order valence-corrected chi connectivity index (χ0v) is 12.4. The number of rotatable bonds is 4. The van der Waals surface area contributed by atoms with Crippen LogP contribution in [-0.4, -0.2) is 4.98 Å². The summed E-state index contributed by atoms with van der Waals surface area (Å²) >= 11 is 5.21. The van der Waals surface area contributed by atoms with Crippen LogP contribution in [0.4, 0.5) is 0 Å². The first-order valence-corrected chi connectivity index (χ1v) is 7.90. The van der Waals surface area contributed by atoms with Crippen molar-refractivity contribution in [3.05, 3.63) is 50.9 Å². The summed E-state index contributed by atoms with van der Waals surface area (Å²) in [6.07, 6.45) is 3.73. The van der Waals surface area contributed by atoms with Gasteiger partial charge in [0.2, 0.25) is 0 Å². The summed E-state index contributed by atoms with van der Waals surface area (Å²) in [6, 6.07) is 8.64. The lowest BCUT2D eigenvalue weighted by Crippen LogP contribution is -2.47. The zero-order chi connectivity index (χ0) is 12.4. The largest absolute Gasteiger partial charge is 0.302 e. The Morgan fingerprint density at radius 2 is 2.28 bits per heavy atom. The highest BCUT2D eigenvalue weighted by Gasteiger charge is 2.38. The fourth-order valence-corrected chi connectivity index (χ4v) is 3.43. The minimum Gasteiger partial charge on any atom is -0.302 e. The van der Waals surface area contributed by atoms with E-state index in [1.807, 2.05) is 5.51 Å². The zero-order valence-electron chi connectivity index (χ0n) is 10.0. The lowest BCUT2D eigenvalue weighted by atomic mass is 9.72. The maximum absolute atomic E-state index is 4.34. The third-order valence-corrected chi connectivity index (χ3v) is 4.80. The van der Waals surface area contributed by atoms with Crippen molar-refractivity contribution in [3.8, 4) is 0 Å². The summed E-state index contributed by atoms with van der Waals surface area (Å²) in [7, 11) is 0. The lowest BCUT2D eigenvalue weighted by Gasteiger charge is -2.43. The van der Waals surface area contributed by atoms with Crippen molar-refractivity contribution < 1.29 is 0 Å². The van der Waals surface area contributed by atoms with E-state index in [0.29, 0.717) is 0 Å². The second kappa shape index (κ2) is 5.11. The number of nitrogens with zero attached hydrogens (tertiary/aromatic N) is 1. The molecule has 1 N–H and O–H groups in total. The molecule has 0 saturated heterocycles. The fraction of sp³-hybridized carbons (Fsp3) is 0.357. The van der Waals surface area contributed by atoms with Crippen LogP contribution in [0.2, 0.25) is 0 Å². The number of aromatic nitrogens is 1. The third kappa shape index (κ3) is 2.37. The van der Waals surface area contributed by atoms with Crippen molar-refractivity contribution in [1.29, 1.82) is 0 Å². The summed E-state index contributed by atoms with van der Waals surface area (Å²) in [5.41, 5.74) is 4.58. The molecule has 0 aliphatic heterocycles. The second-order valence-corrected chi connectivity index (χ2v) is 6.41. The monoisotopic (exact) mass is 322 g/mol. The molecule has 18 heavy (non-hydrogen) atoms.